The molecule has 1 aromatic rings. The summed E-state index contributed by atoms with van der Waals surface area (Å²) in [7, 11) is 0. The fourth-order valence-electron chi connectivity index (χ4n) is 2.72. The summed E-state index contributed by atoms with van der Waals surface area (Å²) in [6.07, 6.45) is 6.52. The molecule has 3 atom stereocenters. The van der Waals surface area contributed by atoms with Gasteiger partial charge in [-0.25, -0.2) is 8.78 Å². The maximum Gasteiger partial charge on any atom is 0.147 e. The molecule has 90 valence electrons. The molecule has 0 aromatic heterocycles. The maximum atomic E-state index is 13.6. The average molecular weight is 300 g/mol. The van der Waals surface area contributed by atoms with Crippen LogP contribution in [0.25, 0.3) is 0 Å². The maximum absolute atomic E-state index is 13.6. The van der Waals surface area contributed by atoms with Crippen molar-refractivity contribution >= 4 is 21.6 Å². The third-order valence-electron chi connectivity index (χ3n) is 3.71. The zero-order chi connectivity index (χ0) is 12.0. The van der Waals surface area contributed by atoms with Crippen molar-refractivity contribution in [3.8, 4) is 0 Å². The summed E-state index contributed by atoms with van der Waals surface area (Å²) in [6.45, 7) is 0. The van der Waals surface area contributed by atoms with Crippen LogP contribution >= 0.6 is 15.9 Å². The second-order valence-electron chi connectivity index (χ2n) is 4.73. The average Bonchev–Trinajstić information content (AvgIpc) is 2.63. The molecule has 0 spiro atoms. The fourth-order valence-corrected chi connectivity index (χ4v) is 3.03. The summed E-state index contributed by atoms with van der Waals surface area (Å²) in [6, 6.07) is 2.62. The van der Waals surface area contributed by atoms with E-state index in [0.29, 0.717) is 11.8 Å². The highest BCUT2D eigenvalue weighted by molar-refractivity contribution is 9.10. The van der Waals surface area contributed by atoms with Gasteiger partial charge in [0.1, 0.15) is 11.6 Å². The summed E-state index contributed by atoms with van der Waals surface area (Å²) in [5.41, 5.74) is 0.259. The normalized spacial score (nSPS) is 29.9. The first-order chi connectivity index (χ1) is 8.15. The molecule has 0 heterocycles. The number of hydrogen-bond acceptors (Lipinski definition) is 1. The third-order valence-corrected chi connectivity index (χ3v) is 4.32. The van der Waals surface area contributed by atoms with Crippen molar-refractivity contribution in [2.45, 2.75) is 18.9 Å². The number of halogens is 3. The van der Waals surface area contributed by atoms with Gasteiger partial charge in [-0.3, -0.25) is 0 Å². The Kier molecular flexibility index (Phi) is 2.69. The quantitative estimate of drug-likeness (QED) is 0.640. The molecule has 3 rings (SSSR count). The monoisotopic (exact) mass is 299 g/mol. The second-order valence-corrected chi connectivity index (χ2v) is 5.59. The molecular weight excluding hydrogens is 288 g/mol. The van der Waals surface area contributed by atoms with Crippen LogP contribution < -0.4 is 5.32 Å². The van der Waals surface area contributed by atoms with Crippen LogP contribution in [0.2, 0.25) is 0 Å². The Morgan fingerprint density at radius 3 is 2.82 bits per heavy atom. The van der Waals surface area contributed by atoms with Crippen molar-refractivity contribution in [3.05, 3.63) is 40.4 Å². The highest BCUT2D eigenvalue weighted by atomic mass is 79.9. The Hall–Kier alpha value is -0.900. The van der Waals surface area contributed by atoms with Crippen LogP contribution in [0.5, 0.6) is 0 Å². The van der Waals surface area contributed by atoms with Gasteiger partial charge in [-0.15, -0.1) is 0 Å². The predicted octanol–water partition coefficient (Wildman–Crippen LogP) is 4.10. The molecule has 1 nitrogen and oxygen atoms in total. The molecule has 2 aliphatic carbocycles. The molecule has 1 fully saturated rings. The minimum absolute atomic E-state index is 0.160. The molecule has 0 amide bonds. The Bertz CT molecular complexity index is 487. The Labute approximate surface area is 107 Å². The molecule has 2 aliphatic rings. The van der Waals surface area contributed by atoms with Crippen molar-refractivity contribution in [3.63, 3.8) is 0 Å². The van der Waals surface area contributed by atoms with Crippen molar-refractivity contribution in [2.24, 2.45) is 11.8 Å². The van der Waals surface area contributed by atoms with Gasteiger partial charge >= 0.3 is 0 Å². The van der Waals surface area contributed by atoms with Gasteiger partial charge in [-0.1, -0.05) is 12.2 Å². The molecule has 17 heavy (non-hydrogen) atoms. The number of allylic oxidation sites excluding steroid dienone is 1. The van der Waals surface area contributed by atoms with Gasteiger partial charge in [0.05, 0.1) is 10.2 Å². The van der Waals surface area contributed by atoms with Gasteiger partial charge in [0.25, 0.3) is 0 Å². The number of fused-ring (bicyclic) bond motifs is 1. The summed E-state index contributed by atoms with van der Waals surface area (Å²) in [5, 5.41) is 3.10. The second kappa shape index (κ2) is 4.09. The lowest BCUT2D eigenvalue weighted by Crippen LogP contribution is -2.43. The Morgan fingerprint density at radius 2 is 2.06 bits per heavy atom. The lowest BCUT2D eigenvalue weighted by atomic mass is 9.71. The van der Waals surface area contributed by atoms with E-state index in [-0.39, 0.29) is 16.2 Å². The topological polar surface area (TPSA) is 12.0 Å². The molecular formula is C13H12BrF2N. The fraction of sp³-hybridized carbons (Fsp3) is 0.385. The largest absolute Gasteiger partial charge is 0.379 e. The number of nitrogens with one attached hydrogen (secondary N) is 1. The first-order valence-corrected chi connectivity index (χ1v) is 6.52. The molecule has 0 radical (unpaired) electrons. The van der Waals surface area contributed by atoms with Crippen LogP contribution in [-0.2, 0) is 0 Å². The van der Waals surface area contributed by atoms with Crippen LogP contribution in [0.4, 0.5) is 14.5 Å². The summed E-state index contributed by atoms with van der Waals surface area (Å²) in [4.78, 5) is 0. The Morgan fingerprint density at radius 1 is 1.24 bits per heavy atom. The van der Waals surface area contributed by atoms with Gasteiger partial charge in [-0.2, -0.15) is 0 Å². The van der Waals surface area contributed by atoms with Crippen molar-refractivity contribution < 1.29 is 8.78 Å². The van der Waals surface area contributed by atoms with Crippen LogP contribution in [0.1, 0.15) is 12.8 Å². The van der Waals surface area contributed by atoms with E-state index in [9.17, 15) is 8.78 Å². The third kappa shape index (κ3) is 1.88. The van der Waals surface area contributed by atoms with E-state index in [2.05, 4.69) is 33.4 Å². The Balaban J connectivity index is 1.77. The zero-order valence-corrected chi connectivity index (χ0v) is 10.7. The molecule has 0 bridgehead atoms. The molecule has 1 saturated carbocycles. The molecule has 3 unspecified atom stereocenters. The summed E-state index contributed by atoms with van der Waals surface area (Å²) >= 11 is 2.97. The number of hydrogen-bond donors (Lipinski definition) is 1. The van der Waals surface area contributed by atoms with E-state index >= 15 is 0 Å². The number of anilines is 1. The van der Waals surface area contributed by atoms with Crippen molar-refractivity contribution in [1.82, 2.24) is 0 Å². The molecule has 4 heteroatoms. The van der Waals surface area contributed by atoms with Crippen LogP contribution in [0.15, 0.2) is 28.8 Å². The summed E-state index contributed by atoms with van der Waals surface area (Å²) in [5.74, 6) is 0.340. The standard InChI is InChI=1S/C13H12BrF2N/c14-9-5-11(16)13(6-10(9)15)17-12-4-7-2-1-3-8(7)12/h1,3,5-8,12,17H,2,4H2. The minimum atomic E-state index is -0.438. The van der Waals surface area contributed by atoms with E-state index in [1.165, 1.54) is 6.07 Å². The molecule has 1 N–H and O–H groups in total. The smallest absolute Gasteiger partial charge is 0.147 e. The summed E-state index contributed by atoms with van der Waals surface area (Å²) < 4.78 is 27.1. The lowest BCUT2D eigenvalue weighted by molar-refractivity contribution is 0.217. The highest BCUT2D eigenvalue weighted by Crippen LogP contribution is 2.44. The molecule has 0 saturated heterocycles. The van der Waals surface area contributed by atoms with Gasteiger partial charge in [0.15, 0.2) is 0 Å². The van der Waals surface area contributed by atoms with Crippen molar-refractivity contribution in [2.75, 3.05) is 5.32 Å². The van der Waals surface area contributed by atoms with Gasteiger partial charge in [0.2, 0.25) is 0 Å². The first kappa shape index (κ1) is 11.2. The van der Waals surface area contributed by atoms with E-state index in [1.807, 2.05) is 0 Å². The van der Waals surface area contributed by atoms with Crippen LogP contribution in [0.3, 0.4) is 0 Å². The minimum Gasteiger partial charge on any atom is -0.379 e. The predicted molar refractivity (Wildman–Crippen MR) is 66.8 cm³/mol. The van der Waals surface area contributed by atoms with Gasteiger partial charge in [0, 0.05) is 18.0 Å². The molecule has 0 aliphatic heterocycles. The highest BCUT2D eigenvalue weighted by Gasteiger charge is 2.41. The van der Waals surface area contributed by atoms with Gasteiger partial charge < -0.3 is 5.32 Å². The SMILES string of the molecule is Fc1cc(NC2CC3CC=CC32)c(F)cc1Br. The number of rotatable bonds is 2. The number of benzene rings is 1. The van der Waals surface area contributed by atoms with E-state index in [0.717, 1.165) is 18.9 Å². The lowest BCUT2D eigenvalue weighted by Gasteiger charge is -2.41. The van der Waals surface area contributed by atoms with Crippen LogP contribution in [0, 0.1) is 23.5 Å². The molecule has 1 aromatic carbocycles. The van der Waals surface area contributed by atoms with Crippen molar-refractivity contribution in [1.29, 1.82) is 0 Å². The van der Waals surface area contributed by atoms with Gasteiger partial charge in [-0.05, 0) is 40.8 Å². The van der Waals surface area contributed by atoms with E-state index in [1.54, 1.807) is 0 Å². The first-order valence-electron chi connectivity index (χ1n) is 5.73. The van der Waals surface area contributed by atoms with Crippen LogP contribution in [-0.4, -0.2) is 6.04 Å². The zero-order valence-electron chi connectivity index (χ0n) is 9.09. The van der Waals surface area contributed by atoms with E-state index < -0.39 is 11.6 Å². The van der Waals surface area contributed by atoms with E-state index in [4.69, 9.17) is 0 Å².